The van der Waals surface area contributed by atoms with Gasteiger partial charge in [0.2, 0.25) is 0 Å². The average molecular weight is 211 g/mol. The zero-order chi connectivity index (χ0) is 11.6. The molecule has 1 heteroatoms. The molecule has 0 amide bonds. The van der Waals surface area contributed by atoms with E-state index in [0.29, 0.717) is 11.5 Å². The molecule has 0 heterocycles. The molecule has 4 unspecified atom stereocenters. The van der Waals surface area contributed by atoms with E-state index in [0.717, 1.165) is 17.9 Å². The Morgan fingerprint density at radius 1 is 1.13 bits per heavy atom. The van der Waals surface area contributed by atoms with E-state index in [4.69, 9.17) is 0 Å². The van der Waals surface area contributed by atoms with E-state index >= 15 is 0 Å². The molecule has 0 bridgehead atoms. The summed E-state index contributed by atoms with van der Waals surface area (Å²) in [4.78, 5) is 0. The zero-order valence-corrected chi connectivity index (χ0v) is 11.4. The highest BCUT2D eigenvalue weighted by Crippen LogP contribution is 2.30. The van der Waals surface area contributed by atoms with Crippen molar-refractivity contribution >= 4 is 0 Å². The highest BCUT2D eigenvalue weighted by Gasteiger charge is 2.29. The van der Waals surface area contributed by atoms with Crippen molar-refractivity contribution in [2.75, 3.05) is 0 Å². The summed E-state index contributed by atoms with van der Waals surface area (Å²) in [6, 6.07) is 1.36. The molecule has 4 atom stereocenters. The Morgan fingerprint density at radius 3 is 2.20 bits per heavy atom. The minimum Gasteiger partial charge on any atom is -0.311 e. The SMILES string of the molecule is CC1CCC(NC(C)C(C)(C)C)C(C)C1. The van der Waals surface area contributed by atoms with Crippen molar-refractivity contribution in [1.29, 1.82) is 0 Å². The smallest absolute Gasteiger partial charge is 0.00955 e. The molecule has 15 heavy (non-hydrogen) atoms. The molecule has 1 nitrogen and oxygen atoms in total. The summed E-state index contributed by atoms with van der Waals surface area (Å²) in [6.07, 6.45) is 4.16. The van der Waals surface area contributed by atoms with Crippen LogP contribution in [0.15, 0.2) is 0 Å². The molecule has 1 rings (SSSR count). The average Bonchev–Trinajstić information content (AvgIpc) is 2.08. The summed E-state index contributed by atoms with van der Waals surface area (Å²) in [5.41, 5.74) is 0.378. The monoisotopic (exact) mass is 211 g/mol. The second-order valence-corrected chi connectivity index (χ2v) is 6.76. The van der Waals surface area contributed by atoms with Crippen molar-refractivity contribution in [2.24, 2.45) is 17.3 Å². The maximum atomic E-state index is 3.83. The molecular weight excluding hydrogens is 182 g/mol. The van der Waals surface area contributed by atoms with Gasteiger partial charge in [-0.05, 0) is 43.4 Å². The van der Waals surface area contributed by atoms with Crippen LogP contribution in [-0.2, 0) is 0 Å². The van der Waals surface area contributed by atoms with Crippen LogP contribution in [0.5, 0.6) is 0 Å². The van der Waals surface area contributed by atoms with Gasteiger partial charge >= 0.3 is 0 Å². The Kier molecular flexibility index (Phi) is 4.22. The fourth-order valence-electron chi connectivity index (χ4n) is 2.48. The van der Waals surface area contributed by atoms with E-state index in [9.17, 15) is 0 Å². The van der Waals surface area contributed by atoms with Gasteiger partial charge < -0.3 is 5.32 Å². The van der Waals surface area contributed by atoms with Gasteiger partial charge in [0, 0.05) is 12.1 Å². The topological polar surface area (TPSA) is 12.0 Å². The molecule has 0 spiro atoms. The van der Waals surface area contributed by atoms with Gasteiger partial charge in [-0.3, -0.25) is 0 Å². The molecule has 0 aromatic carbocycles. The van der Waals surface area contributed by atoms with Crippen LogP contribution in [0.4, 0.5) is 0 Å². The number of rotatable bonds is 2. The lowest BCUT2D eigenvalue weighted by Gasteiger charge is -2.38. The first-order valence-electron chi connectivity index (χ1n) is 6.56. The van der Waals surface area contributed by atoms with E-state index in [-0.39, 0.29) is 0 Å². The standard InChI is InChI=1S/C14H29N/c1-10-7-8-13(11(2)9-10)15-12(3)14(4,5)6/h10-13,15H,7-9H2,1-6H3. The third-order valence-electron chi connectivity index (χ3n) is 4.19. The highest BCUT2D eigenvalue weighted by atomic mass is 15.0. The van der Waals surface area contributed by atoms with Gasteiger partial charge in [0.15, 0.2) is 0 Å². The Hall–Kier alpha value is -0.0400. The van der Waals surface area contributed by atoms with E-state index in [1.807, 2.05) is 0 Å². The minimum atomic E-state index is 0.378. The van der Waals surface area contributed by atoms with E-state index < -0.39 is 0 Å². The molecule has 90 valence electrons. The third-order valence-corrected chi connectivity index (χ3v) is 4.19. The number of nitrogens with one attached hydrogen (secondary N) is 1. The van der Waals surface area contributed by atoms with Gasteiger partial charge in [-0.2, -0.15) is 0 Å². The van der Waals surface area contributed by atoms with E-state index in [1.54, 1.807) is 0 Å². The molecule has 1 aliphatic rings. The predicted octanol–water partition coefficient (Wildman–Crippen LogP) is 3.84. The molecule has 0 aliphatic heterocycles. The van der Waals surface area contributed by atoms with Crippen LogP contribution in [0.1, 0.15) is 60.8 Å². The van der Waals surface area contributed by atoms with E-state index in [1.165, 1.54) is 19.3 Å². The summed E-state index contributed by atoms with van der Waals surface area (Å²) < 4.78 is 0. The van der Waals surface area contributed by atoms with Gasteiger partial charge in [-0.1, -0.05) is 34.6 Å². The molecule has 1 N–H and O–H groups in total. The second kappa shape index (κ2) is 4.86. The first-order valence-corrected chi connectivity index (χ1v) is 6.56. The van der Waals surface area contributed by atoms with Crippen molar-refractivity contribution in [2.45, 2.75) is 72.9 Å². The largest absolute Gasteiger partial charge is 0.311 e. The quantitative estimate of drug-likeness (QED) is 0.732. The Labute approximate surface area is 96.0 Å². The lowest BCUT2D eigenvalue weighted by molar-refractivity contribution is 0.178. The molecular formula is C14H29N. The lowest BCUT2D eigenvalue weighted by Crippen LogP contribution is -2.48. The molecule has 0 aromatic heterocycles. The zero-order valence-electron chi connectivity index (χ0n) is 11.4. The first kappa shape index (κ1) is 13.0. The van der Waals surface area contributed by atoms with Crippen molar-refractivity contribution in [3.05, 3.63) is 0 Å². The fourth-order valence-corrected chi connectivity index (χ4v) is 2.48. The Bertz CT molecular complexity index is 192. The van der Waals surface area contributed by atoms with Gasteiger partial charge in [0.25, 0.3) is 0 Å². The van der Waals surface area contributed by atoms with Crippen molar-refractivity contribution in [3.63, 3.8) is 0 Å². The van der Waals surface area contributed by atoms with Gasteiger partial charge in [0.05, 0.1) is 0 Å². The maximum absolute atomic E-state index is 3.83. The van der Waals surface area contributed by atoms with Crippen molar-refractivity contribution < 1.29 is 0 Å². The summed E-state index contributed by atoms with van der Waals surface area (Å²) in [7, 11) is 0. The highest BCUT2D eigenvalue weighted by molar-refractivity contribution is 4.86. The van der Waals surface area contributed by atoms with Crippen LogP contribution >= 0.6 is 0 Å². The molecule has 1 fully saturated rings. The molecule has 1 aliphatic carbocycles. The number of hydrogen-bond donors (Lipinski definition) is 1. The third kappa shape index (κ3) is 3.79. The van der Waals surface area contributed by atoms with Crippen LogP contribution in [0.2, 0.25) is 0 Å². The summed E-state index contributed by atoms with van der Waals surface area (Å²) in [6.45, 7) is 14.1. The predicted molar refractivity (Wildman–Crippen MR) is 68.0 cm³/mol. The summed E-state index contributed by atoms with van der Waals surface area (Å²) >= 11 is 0. The minimum absolute atomic E-state index is 0.378. The van der Waals surface area contributed by atoms with Crippen LogP contribution < -0.4 is 5.32 Å². The van der Waals surface area contributed by atoms with Crippen molar-refractivity contribution in [1.82, 2.24) is 5.32 Å². The fraction of sp³-hybridized carbons (Fsp3) is 1.00. The summed E-state index contributed by atoms with van der Waals surface area (Å²) in [5.74, 6) is 1.78. The van der Waals surface area contributed by atoms with Crippen LogP contribution in [-0.4, -0.2) is 12.1 Å². The van der Waals surface area contributed by atoms with Crippen LogP contribution in [0.3, 0.4) is 0 Å². The van der Waals surface area contributed by atoms with E-state index in [2.05, 4.69) is 46.9 Å². The lowest BCUT2D eigenvalue weighted by atomic mass is 9.78. The van der Waals surface area contributed by atoms with Gasteiger partial charge in [0.1, 0.15) is 0 Å². The normalized spacial score (nSPS) is 35.2. The Balaban J connectivity index is 2.45. The number of hydrogen-bond acceptors (Lipinski definition) is 1. The maximum Gasteiger partial charge on any atom is 0.00955 e. The van der Waals surface area contributed by atoms with Gasteiger partial charge in [-0.25, -0.2) is 0 Å². The van der Waals surface area contributed by atoms with Gasteiger partial charge in [-0.15, -0.1) is 0 Å². The molecule has 1 saturated carbocycles. The van der Waals surface area contributed by atoms with Crippen LogP contribution in [0.25, 0.3) is 0 Å². The first-order chi connectivity index (χ1) is 6.80. The molecule has 0 saturated heterocycles. The second-order valence-electron chi connectivity index (χ2n) is 6.76. The van der Waals surface area contributed by atoms with Crippen molar-refractivity contribution in [3.8, 4) is 0 Å². The Morgan fingerprint density at radius 2 is 1.73 bits per heavy atom. The molecule has 0 radical (unpaired) electrons. The van der Waals surface area contributed by atoms with Crippen LogP contribution in [0, 0.1) is 17.3 Å². The summed E-state index contributed by atoms with van der Waals surface area (Å²) in [5, 5.41) is 3.83. The molecule has 0 aromatic rings.